The molecule has 114 valence electrons. The molecule has 0 aliphatic carbocycles. The predicted molar refractivity (Wildman–Crippen MR) is 81.5 cm³/mol. The third-order valence-corrected chi connectivity index (χ3v) is 5.84. The Bertz CT molecular complexity index is 717. The van der Waals surface area contributed by atoms with E-state index in [4.69, 9.17) is 0 Å². The minimum Gasteiger partial charge on any atom is -0.296 e. The number of fused-ring (bicyclic) bond motifs is 1. The summed E-state index contributed by atoms with van der Waals surface area (Å²) in [5.74, 6) is 0.185. The van der Waals surface area contributed by atoms with Crippen LogP contribution in [0.1, 0.15) is 12.5 Å². The summed E-state index contributed by atoms with van der Waals surface area (Å²) >= 11 is 0. The smallest absolute Gasteiger partial charge is 0.213 e. The summed E-state index contributed by atoms with van der Waals surface area (Å²) in [4.78, 5) is 2.30. The van der Waals surface area contributed by atoms with Gasteiger partial charge in [-0.3, -0.25) is 4.90 Å². The van der Waals surface area contributed by atoms with Crippen molar-refractivity contribution in [1.82, 2.24) is 18.8 Å². The lowest BCUT2D eigenvalue weighted by Crippen LogP contribution is -2.48. The minimum absolute atomic E-state index is 0.185. The molecule has 0 radical (unpaired) electrons. The van der Waals surface area contributed by atoms with Gasteiger partial charge in [-0.15, -0.1) is 0 Å². The second-order valence-corrected chi connectivity index (χ2v) is 7.57. The van der Waals surface area contributed by atoms with Crippen LogP contribution in [0.3, 0.4) is 0 Å². The molecular weight excluding hydrogens is 288 g/mol. The van der Waals surface area contributed by atoms with Crippen molar-refractivity contribution >= 4 is 15.5 Å². The van der Waals surface area contributed by atoms with Gasteiger partial charge in [0.15, 0.2) is 0 Å². The lowest BCUT2D eigenvalue weighted by Gasteiger charge is -2.33. The first kappa shape index (κ1) is 14.5. The molecule has 1 fully saturated rings. The highest BCUT2D eigenvalue weighted by molar-refractivity contribution is 7.89. The molecule has 6 nitrogen and oxygen atoms in total. The highest BCUT2D eigenvalue weighted by Gasteiger charge is 2.25. The van der Waals surface area contributed by atoms with Gasteiger partial charge in [-0.2, -0.15) is 9.40 Å². The average molecular weight is 308 g/mol. The molecule has 0 bridgehead atoms. The van der Waals surface area contributed by atoms with E-state index >= 15 is 0 Å². The van der Waals surface area contributed by atoms with E-state index in [0.29, 0.717) is 13.1 Å². The number of pyridine rings is 1. The van der Waals surface area contributed by atoms with Gasteiger partial charge in [-0.1, -0.05) is 0 Å². The van der Waals surface area contributed by atoms with Crippen LogP contribution >= 0.6 is 0 Å². The maximum atomic E-state index is 11.8. The topological polar surface area (TPSA) is 57.9 Å². The molecule has 2 aromatic heterocycles. The molecule has 0 atom stereocenters. The number of sulfonamides is 1. The predicted octanol–water partition coefficient (Wildman–Crippen LogP) is 0.802. The fraction of sp³-hybridized carbons (Fsp3) is 0.500. The summed E-state index contributed by atoms with van der Waals surface area (Å²) in [6, 6.07) is 6.17. The van der Waals surface area contributed by atoms with Gasteiger partial charge in [-0.05, 0) is 30.7 Å². The molecule has 1 aliphatic heterocycles. The summed E-state index contributed by atoms with van der Waals surface area (Å²) in [6.45, 7) is 5.29. The monoisotopic (exact) mass is 308 g/mol. The van der Waals surface area contributed by atoms with E-state index in [1.807, 2.05) is 16.8 Å². The molecule has 21 heavy (non-hydrogen) atoms. The van der Waals surface area contributed by atoms with Crippen molar-refractivity contribution in [1.29, 1.82) is 0 Å². The Hall–Kier alpha value is -1.44. The maximum absolute atomic E-state index is 11.8. The quantitative estimate of drug-likeness (QED) is 0.838. The van der Waals surface area contributed by atoms with Gasteiger partial charge in [-0.25, -0.2) is 12.9 Å². The number of nitrogens with zero attached hydrogens (tertiary/aromatic N) is 4. The molecule has 7 heteroatoms. The van der Waals surface area contributed by atoms with Crippen LogP contribution in [0.2, 0.25) is 0 Å². The zero-order valence-corrected chi connectivity index (χ0v) is 13.0. The SMILES string of the molecule is CCS(=O)(=O)N1CCN(Cc2ccn3nccc3c2)CC1. The van der Waals surface area contributed by atoms with Crippen molar-refractivity contribution in [3.63, 3.8) is 0 Å². The van der Waals surface area contributed by atoms with Crippen molar-refractivity contribution in [3.8, 4) is 0 Å². The highest BCUT2D eigenvalue weighted by atomic mass is 32.2. The van der Waals surface area contributed by atoms with E-state index in [1.165, 1.54) is 5.56 Å². The van der Waals surface area contributed by atoms with Crippen molar-refractivity contribution in [2.45, 2.75) is 13.5 Å². The fourth-order valence-corrected chi connectivity index (χ4v) is 3.76. The zero-order valence-electron chi connectivity index (χ0n) is 12.1. The molecule has 1 aliphatic rings. The Morgan fingerprint density at radius 3 is 2.67 bits per heavy atom. The van der Waals surface area contributed by atoms with Crippen LogP contribution in [0.5, 0.6) is 0 Å². The molecule has 3 rings (SSSR count). The van der Waals surface area contributed by atoms with Gasteiger partial charge in [0.1, 0.15) is 0 Å². The second-order valence-electron chi connectivity index (χ2n) is 5.31. The van der Waals surface area contributed by atoms with Crippen LogP contribution in [0, 0.1) is 0 Å². The first-order valence-corrected chi connectivity index (χ1v) is 8.82. The Kier molecular flexibility index (Phi) is 3.97. The molecular formula is C14H20N4O2S. The van der Waals surface area contributed by atoms with E-state index in [9.17, 15) is 8.42 Å². The number of aromatic nitrogens is 2. The number of piperazine rings is 1. The second kappa shape index (κ2) is 5.75. The van der Waals surface area contributed by atoms with E-state index < -0.39 is 10.0 Å². The Morgan fingerprint density at radius 2 is 1.95 bits per heavy atom. The third-order valence-electron chi connectivity index (χ3n) is 3.96. The first-order valence-electron chi connectivity index (χ1n) is 7.21. The van der Waals surface area contributed by atoms with E-state index in [0.717, 1.165) is 25.2 Å². The fourth-order valence-electron chi connectivity index (χ4n) is 2.67. The molecule has 0 aromatic carbocycles. The third kappa shape index (κ3) is 3.09. The number of hydrogen-bond acceptors (Lipinski definition) is 4. The summed E-state index contributed by atoms with van der Waals surface area (Å²) in [6.07, 6.45) is 3.75. The van der Waals surface area contributed by atoms with Crippen molar-refractivity contribution in [2.24, 2.45) is 0 Å². The Morgan fingerprint density at radius 1 is 1.19 bits per heavy atom. The van der Waals surface area contributed by atoms with E-state index in [-0.39, 0.29) is 5.75 Å². The summed E-state index contributed by atoms with van der Waals surface area (Å²) in [5.41, 5.74) is 2.31. The minimum atomic E-state index is -3.04. The summed E-state index contributed by atoms with van der Waals surface area (Å²) in [7, 11) is -3.04. The van der Waals surface area contributed by atoms with Gasteiger partial charge in [0.25, 0.3) is 0 Å². The van der Waals surface area contributed by atoms with Crippen LogP contribution in [0.25, 0.3) is 5.52 Å². The lowest BCUT2D eigenvalue weighted by molar-refractivity contribution is 0.182. The molecule has 0 amide bonds. The average Bonchev–Trinajstić information content (AvgIpc) is 2.95. The van der Waals surface area contributed by atoms with Crippen molar-refractivity contribution in [3.05, 3.63) is 36.2 Å². The Labute approximate surface area is 125 Å². The van der Waals surface area contributed by atoms with Gasteiger partial charge < -0.3 is 0 Å². The lowest BCUT2D eigenvalue weighted by atomic mass is 10.2. The highest BCUT2D eigenvalue weighted by Crippen LogP contribution is 2.13. The van der Waals surface area contributed by atoms with Crippen LogP contribution in [0.4, 0.5) is 0 Å². The standard InChI is InChI=1S/C14H20N4O2S/c1-2-21(19,20)17-9-7-16(8-10-17)12-13-4-6-18-14(11-13)3-5-15-18/h3-6,11H,2,7-10,12H2,1H3. The maximum Gasteiger partial charge on any atom is 0.213 e. The zero-order chi connectivity index (χ0) is 14.9. The molecule has 2 aromatic rings. The first-order chi connectivity index (χ1) is 10.1. The molecule has 3 heterocycles. The summed E-state index contributed by atoms with van der Waals surface area (Å²) < 4.78 is 27.1. The van der Waals surface area contributed by atoms with Gasteiger partial charge in [0, 0.05) is 45.1 Å². The largest absolute Gasteiger partial charge is 0.296 e. The van der Waals surface area contributed by atoms with Gasteiger partial charge in [0.05, 0.1) is 11.3 Å². The van der Waals surface area contributed by atoms with E-state index in [2.05, 4.69) is 22.1 Å². The molecule has 0 spiro atoms. The van der Waals surface area contributed by atoms with Crippen molar-refractivity contribution in [2.75, 3.05) is 31.9 Å². The molecule has 0 N–H and O–H groups in total. The number of rotatable bonds is 4. The molecule has 1 saturated heterocycles. The Balaban J connectivity index is 1.62. The molecule has 0 unspecified atom stereocenters. The molecule has 0 saturated carbocycles. The van der Waals surface area contributed by atoms with Crippen LogP contribution < -0.4 is 0 Å². The van der Waals surface area contributed by atoms with Gasteiger partial charge >= 0.3 is 0 Å². The summed E-state index contributed by atoms with van der Waals surface area (Å²) in [5, 5.41) is 4.18. The van der Waals surface area contributed by atoms with E-state index in [1.54, 1.807) is 17.4 Å². The number of hydrogen-bond donors (Lipinski definition) is 0. The van der Waals surface area contributed by atoms with Crippen molar-refractivity contribution < 1.29 is 8.42 Å². The van der Waals surface area contributed by atoms with Crippen LogP contribution in [-0.4, -0.2) is 59.2 Å². The van der Waals surface area contributed by atoms with Crippen LogP contribution in [-0.2, 0) is 16.6 Å². The van der Waals surface area contributed by atoms with Crippen LogP contribution in [0.15, 0.2) is 30.6 Å². The normalized spacial score (nSPS) is 18.3. The van der Waals surface area contributed by atoms with Gasteiger partial charge in [0.2, 0.25) is 10.0 Å².